The molecule has 0 aromatic heterocycles. The van der Waals surface area contributed by atoms with Gasteiger partial charge in [-0.25, -0.2) is 0 Å². The van der Waals surface area contributed by atoms with Crippen molar-refractivity contribution in [3.05, 3.63) is 32.5 Å². The van der Waals surface area contributed by atoms with E-state index in [1.54, 1.807) is 0 Å². The molecule has 19 heavy (non-hydrogen) atoms. The number of hydroxylamine groups is 2. The molecule has 2 unspecified atom stereocenters. The summed E-state index contributed by atoms with van der Waals surface area (Å²) in [4.78, 5) is 23.1. The molecule has 0 saturated carbocycles. The number of piperidine rings is 1. The number of hydrogen-bond donors (Lipinski definition) is 1. The van der Waals surface area contributed by atoms with E-state index in [0.29, 0.717) is 25.1 Å². The van der Waals surface area contributed by atoms with Crippen LogP contribution in [0.5, 0.6) is 0 Å². The van der Waals surface area contributed by atoms with Crippen LogP contribution in [0, 0.1) is 8.78 Å². The Balaban J connectivity index is 1.98. The molecule has 2 aliphatic rings. The molecule has 1 N–H and O–H groups in total. The lowest BCUT2D eigenvalue weighted by Gasteiger charge is -2.45. The minimum Gasteiger partial charge on any atom is -0.627 e. The number of hydrogen-bond acceptors (Lipinski definition) is 3. The molecule has 0 bridgehead atoms. The van der Waals surface area contributed by atoms with Gasteiger partial charge in [0.05, 0.1) is 6.54 Å². The third-order valence-electron chi connectivity index (χ3n) is 3.88. The largest absolute Gasteiger partial charge is 0.627 e. The number of halogens is 1. The maximum atomic E-state index is 13.1. The summed E-state index contributed by atoms with van der Waals surface area (Å²) in [7, 11) is 0. The van der Waals surface area contributed by atoms with Crippen LogP contribution in [-0.2, 0) is 16.0 Å². The van der Waals surface area contributed by atoms with E-state index in [1.165, 1.54) is 0 Å². The van der Waals surface area contributed by atoms with Crippen LogP contribution in [-0.4, -0.2) is 24.4 Å². The summed E-state index contributed by atoms with van der Waals surface area (Å²) in [5.41, 5.74) is 1.70. The van der Waals surface area contributed by atoms with E-state index >= 15 is 0 Å². The lowest BCUT2D eigenvalue weighted by atomic mass is 10.0. The maximum Gasteiger partial charge on any atom is 0.285 e. The Kier molecular flexibility index (Phi) is 3.11. The van der Waals surface area contributed by atoms with E-state index in [2.05, 4.69) is 27.9 Å². The Morgan fingerprint density at radius 3 is 2.84 bits per heavy atom. The van der Waals surface area contributed by atoms with E-state index in [1.807, 2.05) is 18.2 Å². The van der Waals surface area contributed by atoms with E-state index < -0.39 is 16.6 Å². The lowest BCUT2D eigenvalue weighted by Crippen LogP contribution is -2.61. The molecule has 3 rings (SSSR count). The Morgan fingerprint density at radius 2 is 2.11 bits per heavy atom. The van der Waals surface area contributed by atoms with Gasteiger partial charge >= 0.3 is 0 Å². The van der Waals surface area contributed by atoms with Crippen molar-refractivity contribution in [1.82, 2.24) is 9.96 Å². The predicted octanol–water partition coefficient (Wildman–Crippen LogP) is 1.46. The summed E-state index contributed by atoms with van der Waals surface area (Å²) in [5, 5.41) is 15.3. The van der Waals surface area contributed by atoms with Crippen molar-refractivity contribution in [3.8, 4) is 0 Å². The molecule has 1 fully saturated rings. The average Bonchev–Trinajstić information content (AvgIpc) is 2.67. The van der Waals surface area contributed by atoms with Gasteiger partial charge in [-0.2, -0.15) is 0 Å². The molecule has 0 aliphatic carbocycles. The van der Waals surface area contributed by atoms with E-state index in [9.17, 15) is 14.8 Å². The number of quaternary nitrogens is 1. The van der Waals surface area contributed by atoms with Crippen molar-refractivity contribution in [2.75, 3.05) is 6.54 Å². The van der Waals surface area contributed by atoms with Gasteiger partial charge in [-0.1, -0.05) is 0 Å². The molecule has 100 valence electrons. The molecule has 5 nitrogen and oxygen atoms in total. The number of imide groups is 1. The molecule has 6 heteroatoms. The minimum absolute atomic E-state index is 0.248. The van der Waals surface area contributed by atoms with Crippen LogP contribution in [0.15, 0.2) is 18.2 Å². The van der Waals surface area contributed by atoms with Crippen LogP contribution >= 0.6 is 22.6 Å². The van der Waals surface area contributed by atoms with Crippen molar-refractivity contribution < 1.29 is 9.59 Å². The van der Waals surface area contributed by atoms with Gasteiger partial charge in [-0.3, -0.25) is 14.9 Å². The molecule has 1 aromatic rings. The first-order valence-corrected chi connectivity index (χ1v) is 7.30. The van der Waals surface area contributed by atoms with Gasteiger partial charge in [0.25, 0.3) is 5.91 Å². The fraction of sp³-hybridized carbons (Fsp3) is 0.385. The number of nitrogens with one attached hydrogen (secondary N) is 1. The molecular formula is C13H13IN2O3. The van der Waals surface area contributed by atoms with Crippen LogP contribution in [0.3, 0.4) is 0 Å². The standard InChI is InChI=1S/C13H13IN2O3/c14-9-1-2-10-8(7-9)5-6-16(10,19)11-3-4-12(17)15-13(11)18/h1-2,7,11H,3-6H2,(H,15,17,18). The lowest BCUT2D eigenvalue weighted by molar-refractivity contribution is -0.136. The Labute approximate surface area is 124 Å². The Morgan fingerprint density at radius 1 is 1.32 bits per heavy atom. The second-order valence-electron chi connectivity index (χ2n) is 5.01. The third-order valence-corrected chi connectivity index (χ3v) is 4.55. The van der Waals surface area contributed by atoms with Crippen LogP contribution < -0.4 is 9.96 Å². The summed E-state index contributed by atoms with van der Waals surface area (Å²) in [6.07, 6.45) is 1.27. The van der Waals surface area contributed by atoms with Crippen molar-refractivity contribution in [2.45, 2.75) is 25.3 Å². The maximum absolute atomic E-state index is 13.1. The highest BCUT2D eigenvalue weighted by Crippen LogP contribution is 2.38. The number of carbonyl (C=O) groups excluding carboxylic acids is 2. The number of rotatable bonds is 1. The van der Waals surface area contributed by atoms with Gasteiger partial charge in [0, 0.05) is 34.5 Å². The predicted molar refractivity (Wildman–Crippen MR) is 79.1 cm³/mol. The highest BCUT2D eigenvalue weighted by atomic mass is 127. The summed E-state index contributed by atoms with van der Waals surface area (Å²) < 4.78 is 0.471. The van der Waals surface area contributed by atoms with Gasteiger partial charge in [-0.05, 0) is 34.7 Å². The Bertz CT molecular complexity index is 575. The molecule has 0 radical (unpaired) electrons. The number of nitrogens with zero attached hydrogens (tertiary/aromatic N) is 1. The van der Waals surface area contributed by atoms with E-state index in [4.69, 9.17) is 0 Å². The van der Waals surface area contributed by atoms with Crippen LogP contribution in [0.1, 0.15) is 18.4 Å². The first kappa shape index (κ1) is 13.0. The van der Waals surface area contributed by atoms with Gasteiger partial charge in [0.1, 0.15) is 5.69 Å². The van der Waals surface area contributed by atoms with Crippen molar-refractivity contribution in [1.29, 1.82) is 0 Å². The number of benzene rings is 1. The normalized spacial score (nSPS) is 30.1. The summed E-state index contributed by atoms with van der Waals surface area (Å²) in [6.45, 7) is 0.377. The number of fused-ring (bicyclic) bond motifs is 1. The summed E-state index contributed by atoms with van der Waals surface area (Å²) >= 11 is 2.21. The number of amides is 2. The van der Waals surface area contributed by atoms with E-state index in [0.717, 1.165) is 9.13 Å². The second-order valence-corrected chi connectivity index (χ2v) is 6.25. The highest BCUT2D eigenvalue weighted by molar-refractivity contribution is 14.1. The first-order chi connectivity index (χ1) is 9.00. The van der Waals surface area contributed by atoms with Crippen molar-refractivity contribution in [2.24, 2.45) is 0 Å². The average molecular weight is 372 g/mol. The zero-order valence-electron chi connectivity index (χ0n) is 10.2. The highest BCUT2D eigenvalue weighted by Gasteiger charge is 2.44. The van der Waals surface area contributed by atoms with Gasteiger partial charge in [-0.15, -0.1) is 0 Å². The summed E-state index contributed by atoms with van der Waals surface area (Å²) in [5.74, 6) is -0.715. The third kappa shape index (κ3) is 2.07. The second kappa shape index (κ2) is 4.53. The number of carbonyl (C=O) groups is 2. The molecule has 1 saturated heterocycles. The fourth-order valence-corrected chi connectivity index (χ4v) is 3.49. The molecule has 2 heterocycles. The zero-order chi connectivity index (χ0) is 13.6. The molecule has 2 amide bonds. The van der Waals surface area contributed by atoms with Gasteiger partial charge < -0.3 is 9.85 Å². The van der Waals surface area contributed by atoms with Gasteiger partial charge in [0.2, 0.25) is 5.91 Å². The molecule has 2 aliphatic heterocycles. The van der Waals surface area contributed by atoms with Crippen LogP contribution in [0.4, 0.5) is 5.69 Å². The van der Waals surface area contributed by atoms with Crippen LogP contribution in [0.25, 0.3) is 0 Å². The molecule has 1 aromatic carbocycles. The first-order valence-electron chi connectivity index (χ1n) is 6.22. The summed E-state index contributed by atoms with van der Waals surface area (Å²) in [6, 6.07) is 5.01. The topological polar surface area (TPSA) is 69.2 Å². The minimum atomic E-state index is -0.695. The molecular weight excluding hydrogens is 359 g/mol. The Hall–Kier alpha value is -0.990. The molecule has 0 spiro atoms. The van der Waals surface area contributed by atoms with Crippen LogP contribution in [0.2, 0.25) is 0 Å². The van der Waals surface area contributed by atoms with Gasteiger partial charge in [0.15, 0.2) is 6.04 Å². The van der Waals surface area contributed by atoms with Crippen molar-refractivity contribution in [3.63, 3.8) is 0 Å². The fourth-order valence-electron chi connectivity index (χ4n) is 2.93. The smallest absolute Gasteiger partial charge is 0.285 e. The van der Waals surface area contributed by atoms with Crippen molar-refractivity contribution >= 4 is 40.1 Å². The monoisotopic (exact) mass is 372 g/mol. The zero-order valence-corrected chi connectivity index (χ0v) is 12.3. The molecule has 2 atom stereocenters. The van der Waals surface area contributed by atoms with E-state index in [-0.39, 0.29) is 12.3 Å². The SMILES string of the molecule is O=C1CCC([N+]2([O-])CCc3cc(I)ccc32)C(=O)N1. The quantitative estimate of drug-likeness (QED) is 0.351.